The maximum absolute atomic E-state index is 13.3. The molecule has 150 valence electrons. The van der Waals surface area contributed by atoms with Crippen LogP contribution in [0.25, 0.3) is 10.9 Å². The van der Waals surface area contributed by atoms with Crippen molar-refractivity contribution in [2.45, 2.75) is 57.7 Å². The Morgan fingerprint density at radius 1 is 1.29 bits per heavy atom. The van der Waals surface area contributed by atoms with Gasteiger partial charge in [-0.25, -0.2) is 4.79 Å². The van der Waals surface area contributed by atoms with Crippen LogP contribution in [0.1, 0.15) is 43.9 Å². The first-order chi connectivity index (χ1) is 13.6. The lowest BCUT2D eigenvalue weighted by Crippen LogP contribution is -3.17. The third kappa shape index (κ3) is 3.41. The number of nitrogens with zero attached hydrogens (tertiary/aromatic N) is 1. The molecule has 1 amide bonds. The van der Waals surface area contributed by atoms with Gasteiger partial charge < -0.3 is 19.5 Å². The molecule has 3 atom stereocenters. The summed E-state index contributed by atoms with van der Waals surface area (Å²) in [5.41, 5.74) is 3.22. The molecule has 2 N–H and O–H groups in total. The highest BCUT2D eigenvalue weighted by molar-refractivity contribution is 5.90. The standard InChI is InChI=1S/C22H29N3O3/c1-3-15-8-6-7-11-24(15)14-21(26)25-13-19-17(12-20(25)22(27)28-2)16-9-4-5-10-18(16)23-19/h4-5,9-10,15,20,23H,3,6-8,11-14H2,1-2H3/p+1/t15-,20+/m0/s1. The minimum absolute atomic E-state index is 0.0510. The highest BCUT2D eigenvalue weighted by atomic mass is 16.5. The maximum Gasteiger partial charge on any atom is 0.328 e. The Morgan fingerprint density at radius 3 is 2.89 bits per heavy atom. The predicted octanol–water partition coefficient (Wildman–Crippen LogP) is 1.44. The second-order valence-corrected chi connectivity index (χ2v) is 8.08. The second kappa shape index (κ2) is 7.95. The van der Waals surface area contributed by atoms with Crippen LogP contribution in [0.5, 0.6) is 0 Å². The molecule has 0 spiro atoms. The van der Waals surface area contributed by atoms with Crippen LogP contribution in [0.3, 0.4) is 0 Å². The van der Waals surface area contributed by atoms with E-state index >= 15 is 0 Å². The Bertz CT molecular complexity index is 875. The Hall–Kier alpha value is -2.34. The molecule has 4 rings (SSSR count). The number of hydrogen-bond donors (Lipinski definition) is 2. The smallest absolute Gasteiger partial charge is 0.328 e. The van der Waals surface area contributed by atoms with Gasteiger partial charge in [-0.1, -0.05) is 25.1 Å². The number of methoxy groups -OCH3 is 1. The Balaban J connectivity index is 1.60. The van der Waals surface area contributed by atoms with Crippen molar-refractivity contribution in [2.24, 2.45) is 0 Å². The summed E-state index contributed by atoms with van der Waals surface area (Å²) in [6, 6.07) is 8.11. The van der Waals surface area contributed by atoms with Crippen LogP contribution in [-0.2, 0) is 27.3 Å². The van der Waals surface area contributed by atoms with Gasteiger partial charge in [0.15, 0.2) is 6.54 Å². The zero-order valence-electron chi connectivity index (χ0n) is 16.8. The van der Waals surface area contributed by atoms with Crippen LogP contribution in [0, 0.1) is 0 Å². The van der Waals surface area contributed by atoms with Crippen LogP contribution >= 0.6 is 0 Å². The fourth-order valence-corrected chi connectivity index (χ4v) is 4.99. The molecule has 0 saturated carbocycles. The first-order valence-corrected chi connectivity index (χ1v) is 10.4. The number of piperidine rings is 1. The molecule has 0 aliphatic carbocycles. The third-order valence-electron chi connectivity index (χ3n) is 6.55. The predicted molar refractivity (Wildman–Crippen MR) is 107 cm³/mol. The van der Waals surface area contributed by atoms with Crippen LogP contribution in [-0.4, -0.2) is 54.0 Å². The monoisotopic (exact) mass is 384 g/mol. The van der Waals surface area contributed by atoms with Crippen molar-refractivity contribution >= 4 is 22.8 Å². The SMILES string of the molecule is CC[C@H]1CCCC[NH+]1CC(=O)N1Cc2[nH]c3ccccc3c2C[C@@H]1C(=O)OC. The lowest BCUT2D eigenvalue weighted by molar-refractivity contribution is -0.923. The molecule has 2 aromatic rings. The number of quaternary nitrogens is 1. The van der Waals surface area contributed by atoms with Crippen LogP contribution in [0.2, 0.25) is 0 Å². The zero-order chi connectivity index (χ0) is 19.7. The summed E-state index contributed by atoms with van der Waals surface area (Å²) in [5, 5.41) is 1.13. The Labute approximate surface area is 165 Å². The number of rotatable bonds is 4. The number of nitrogens with one attached hydrogen (secondary N) is 2. The normalized spacial score (nSPS) is 24.8. The van der Waals surface area contributed by atoms with Gasteiger partial charge in [0.05, 0.1) is 26.2 Å². The number of fused-ring (bicyclic) bond motifs is 3. The number of amides is 1. The molecule has 2 aliphatic rings. The van der Waals surface area contributed by atoms with E-state index in [1.165, 1.54) is 31.3 Å². The largest absolute Gasteiger partial charge is 0.467 e. The van der Waals surface area contributed by atoms with Gasteiger partial charge in [-0.2, -0.15) is 0 Å². The molecule has 1 aromatic carbocycles. The van der Waals surface area contributed by atoms with Crippen molar-refractivity contribution in [3.05, 3.63) is 35.5 Å². The highest BCUT2D eigenvalue weighted by Crippen LogP contribution is 2.30. The number of esters is 1. The summed E-state index contributed by atoms with van der Waals surface area (Å²) >= 11 is 0. The average molecular weight is 385 g/mol. The van der Waals surface area contributed by atoms with Gasteiger partial charge in [-0.3, -0.25) is 4.79 Å². The van der Waals surface area contributed by atoms with Gasteiger partial charge in [0.2, 0.25) is 0 Å². The maximum atomic E-state index is 13.3. The number of hydrogen-bond acceptors (Lipinski definition) is 3. The van der Waals surface area contributed by atoms with Gasteiger partial charge in [0, 0.05) is 23.0 Å². The van der Waals surface area contributed by atoms with Gasteiger partial charge >= 0.3 is 5.97 Å². The van der Waals surface area contributed by atoms with Crippen LogP contribution in [0.4, 0.5) is 0 Å². The van der Waals surface area contributed by atoms with E-state index < -0.39 is 6.04 Å². The van der Waals surface area contributed by atoms with E-state index in [4.69, 9.17) is 4.74 Å². The van der Waals surface area contributed by atoms with E-state index in [9.17, 15) is 9.59 Å². The van der Waals surface area contributed by atoms with Gasteiger partial charge in [0.25, 0.3) is 5.91 Å². The molecule has 1 aromatic heterocycles. The summed E-state index contributed by atoms with van der Waals surface area (Å²) in [4.78, 5) is 32.3. The van der Waals surface area contributed by atoms with E-state index in [0.717, 1.165) is 35.1 Å². The number of likely N-dealkylation sites (tertiary alicyclic amines) is 1. The lowest BCUT2D eigenvalue weighted by Gasteiger charge is -2.37. The minimum Gasteiger partial charge on any atom is -0.467 e. The fourth-order valence-electron chi connectivity index (χ4n) is 4.99. The van der Waals surface area contributed by atoms with Gasteiger partial charge in [-0.05, 0) is 37.3 Å². The summed E-state index contributed by atoms with van der Waals surface area (Å²) in [7, 11) is 1.40. The third-order valence-corrected chi connectivity index (χ3v) is 6.55. The van der Waals surface area contributed by atoms with Crippen molar-refractivity contribution < 1.29 is 19.2 Å². The summed E-state index contributed by atoms with van der Waals surface area (Å²) in [6.07, 6.45) is 5.21. The van der Waals surface area contributed by atoms with E-state index in [0.29, 0.717) is 25.6 Å². The van der Waals surface area contributed by atoms with Crippen molar-refractivity contribution in [1.82, 2.24) is 9.88 Å². The van der Waals surface area contributed by atoms with Gasteiger partial charge in [-0.15, -0.1) is 0 Å². The number of carbonyl (C=O) groups is 2. The highest BCUT2D eigenvalue weighted by Gasteiger charge is 2.39. The molecule has 28 heavy (non-hydrogen) atoms. The minimum atomic E-state index is -0.548. The van der Waals surface area contributed by atoms with E-state index in [2.05, 4.69) is 18.0 Å². The summed E-state index contributed by atoms with van der Waals surface area (Å²) < 4.78 is 5.06. The topological polar surface area (TPSA) is 66.8 Å². The number of benzene rings is 1. The molecule has 2 aliphatic heterocycles. The van der Waals surface area contributed by atoms with Crippen LogP contribution < -0.4 is 4.90 Å². The number of aromatic amines is 1. The summed E-state index contributed by atoms with van der Waals surface area (Å²) in [5.74, 6) is -0.278. The fraction of sp³-hybridized carbons (Fsp3) is 0.545. The van der Waals surface area contributed by atoms with Crippen molar-refractivity contribution in [3.63, 3.8) is 0 Å². The number of aromatic nitrogens is 1. The number of para-hydroxylation sites is 1. The van der Waals surface area contributed by atoms with Crippen molar-refractivity contribution in [2.75, 3.05) is 20.2 Å². The molecule has 0 bridgehead atoms. The Kier molecular flexibility index (Phi) is 5.40. The molecule has 6 nitrogen and oxygen atoms in total. The second-order valence-electron chi connectivity index (χ2n) is 8.08. The molecule has 0 radical (unpaired) electrons. The van der Waals surface area contributed by atoms with Gasteiger partial charge in [0.1, 0.15) is 6.04 Å². The Morgan fingerprint density at radius 2 is 2.11 bits per heavy atom. The van der Waals surface area contributed by atoms with E-state index in [1.54, 1.807) is 4.90 Å². The molecular formula is C22H30N3O3+. The van der Waals surface area contributed by atoms with Crippen molar-refractivity contribution in [3.8, 4) is 0 Å². The van der Waals surface area contributed by atoms with Crippen LogP contribution in [0.15, 0.2) is 24.3 Å². The first kappa shape index (κ1) is 19.0. The molecular weight excluding hydrogens is 354 g/mol. The first-order valence-electron chi connectivity index (χ1n) is 10.4. The molecule has 6 heteroatoms. The number of ether oxygens (including phenoxy) is 1. The molecule has 1 saturated heterocycles. The zero-order valence-corrected chi connectivity index (χ0v) is 16.8. The number of carbonyl (C=O) groups excluding carboxylic acids is 2. The summed E-state index contributed by atoms with van der Waals surface area (Å²) in [6.45, 7) is 4.14. The van der Waals surface area contributed by atoms with E-state index in [1.807, 2.05) is 18.2 Å². The quantitative estimate of drug-likeness (QED) is 0.784. The van der Waals surface area contributed by atoms with Crippen molar-refractivity contribution in [1.29, 1.82) is 0 Å². The average Bonchev–Trinajstić information content (AvgIpc) is 3.10. The van der Waals surface area contributed by atoms with E-state index in [-0.39, 0.29) is 11.9 Å². The number of H-pyrrole nitrogens is 1. The molecule has 1 fully saturated rings. The molecule has 3 heterocycles. The lowest BCUT2D eigenvalue weighted by atomic mass is 9.96. The molecule has 1 unspecified atom stereocenters.